The molecule has 0 aliphatic rings. The van der Waals surface area contributed by atoms with Crippen molar-refractivity contribution in [1.29, 1.82) is 0 Å². The van der Waals surface area contributed by atoms with Gasteiger partial charge >= 0.3 is 0 Å². The van der Waals surface area contributed by atoms with Crippen LogP contribution in [0.3, 0.4) is 0 Å². The van der Waals surface area contributed by atoms with Crippen LogP contribution < -0.4 is 11.1 Å². The van der Waals surface area contributed by atoms with Crippen molar-refractivity contribution in [3.8, 4) is 0 Å². The molecule has 16 heavy (non-hydrogen) atoms. The highest BCUT2D eigenvalue weighted by molar-refractivity contribution is 4.56. The van der Waals surface area contributed by atoms with Gasteiger partial charge in [-0.2, -0.15) is 0 Å². The summed E-state index contributed by atoms with van der Waals surface area (Å²) in [5.41, 5.74) is 5.38. The fraction of sp³-hybridized carbons (Fsp3) is 1.00. The molecule has 0 aliphatic carbocycles. The standard InChI is InChI=1S/C13H30N2O/c1-3-5-7-13(4-2)12-16-11-6-9-15-10-8-14/h13,15H,3-12,14H2,1-2H3. The van der Waals surface area contributed by atoms with E-state index in [1.165, 1.54) is 25.7 Å². The van der Waals surface area contributed by atoms with Gasteiger partial charge in [-0.1, -0.05) is 33.1 Å². The van der Waals surface area contributed by atoms with Crippen LogP contribution in [0.15, 0.2) is 0 Å². The van der Waals surface area contributed by atoms with E-state index in [0.717, 1.165) is 45.2 Å². The molecule has 1 unspecified atom stereocenters. The first-order valence-electron chi connectivity index (χ1n) is 6.83. The van der Waals surface area contributed by atoms with Crippen molar-refractivity contribution >= 4 is 0 Å². The molecule has 0 aromatic carbocycles. The lowest BCUT2D eigenvalue weighted by molar-refractivity contribution is 0.0922. The summed E-state index contributed by atoms with van der Waals surface area (Å²) in [6, 6.07) is 0. The molecule has 0 bridgehead atoms. The first-order valence-corrected chi connectivity index (χ1v) is 6.83. The fourth-order valence-electron chi connectivity index (χ4n) is 1.67. The van der Waals surface area contributed by atoms with E-state index in [1.807, 2.05) is 0 Å². The van der Waals surface area contributed by atoms with Crippen molar-refractivity contribution in [2.45, 2.75) is 46.0 Å². The lowest BCUT2D eigenvalue weighted by atomic mass is 10.0. The monoisotopic (exact) mass is 230 g/mol. The second-order valence-corrected chi connectivity index (χ2v) is 4.38. The van der Waals surface area contributed by atoms with Gasteiger partial charge in [-0.05, 0) is 25.3 Å². The van der Waals surface area contributed by atoms with Crippen molar-refractivity contribution in [3.05, 3.63) is 0 Å². The third-order valence-corrected chi connectivity index (χ3v) is 2.86. The molecule has 98 valence electrons. The van der Waals surface area contributed by atoms with Crippen LogP contribution in [0.5, 0.6) is 0 Å². The zero-order chi connectivity index (χ0) is 12.1. The van der Waals surface area contributed by atoms with Crippen molar-refractivity contribution in [1.82, 2.24) is 5.32 Å². The van der Waals surface area contributed by atoms with Crippen LogP contribution in [-0.2, 0) is 4.74 Å². The van der Waals surface area contributed by atoms with Crippen LogP contribution in [0.1, 0.15) is 46.0 Å². The molecule has 0 saturated carbocycles. The molecule has 0 saturated heterocycles. The summed E-state index contributed by atoms with van der Waals surface area (Å²) in [7, 11) is 0. The Bertz CT molecular complexity index is 131. The number of nitrogens with one attached hydrogen (secondary N) is 1. The molecular formula is C13H30N2O. The van der Waals surface area contributed by atoms with Crippen LogP contribution in [0.25, 0.3) is 0 Å². The average molecular weight is 230 g/mol. The zero-order valence-corrected chi connectivity index (χ0v) is 11.1. The molecule has 0 spiro atoms. The second kappa shape index (κ2) is 12.9. The predicted molar refractivity (Wildman–Crippen MR) is 70.7 cm³/mol. The molecule has 0 aromatic rings. The van der Waals surface area contributed by atoms with E-state index in [-0.39, 0.29) is 0 Å². The number of hydrogen-bond acceptors (Lipinski definition) is 3. The lowest BCUT2D eigenvalue weighted by Crippen LogP contribution is -2.24. The zero-order valence-electron chi connectivity index (χ0n) is 11.1. The Morgan fingerprint density at radius 2 is 2.00 bits per heavy atom. The maximum Gasteiger partial charge on any atom is 0.0494 e. The topological polar surface area (TPSA) is 47.3 Å². The van der Waals surface area contributed by atoms with Crippen LogP contribution >= 0.6 is 0 Å². The van der Waals surface area contributed by atoms with Gasteiger partial charge in [0, 0.05) is 26.3 Å². The Morgan fingerprint density at radius 3 is 2.62 bits per heavy atom. The summed E-state index contributed by atoms with van der Waals surface area (Å²) in [4.78, 5) is 0. The third-order valence-electron chi connectivity index (χ3n) is 2.86. The highest BCUT2D eigenvalue weighted by Gasteiger charge is 2.05. The van der Waals surface area contributed by atoms with Crippen LogP contribution in [0, 0.1) is 5.92 Å². The summed E-state index contributed by atoms with van der Waals surface area (Å²) < 4.78 is 5.69. The number of hydrogen-bond donors (Lipinski definition) is 2. The van der Waals surface area contributed by atoms with E-state index in [2.05, 4.69) is 19.2 Å². The van der Waals surface area contributed by atoms with Gasteiger partial charge in [0.1, 0.15) is 0 Å². The molecule has 0 aliphatic heterocycles. The van der Waals surface area contributed by atoms with Crippen molar-refractivity contribution in [3.63, 3.8) is 0 Å². The average Bonchev–Trinajstić information content (AvgIpc) is 2.32. The predicted octanol–water partition coefficient (Wildman–Crippen LogP) is 2.16. The molecule has 3 heteroatoms. The van der Waals surface area contributed by atoms with Gasteiger partial charge in [0.2, 0.25) is 0 Å². The quantitative estimate of drug-likeness (QED) is 0.505. The largest absolute Gasteiger partial charge is 0.381 e. The molecule has 0 rings (SSSR count). The maximum absolute atomic E-state index is 5.69. The SMILES string of the molecule is CCCCC(CC)COCCCNCCN. The highest BCUT2D eigenvalue weighted by atomic mass is 16.5. The van der Waals surface area contributed by atoms with Gasteiger partial charge in [0.05, 0.1) is 0 Å². The van der Waals surface area contributed by atoms with Crippen molar-refractivity contribution in [2.24, 2.45) is 11.7 Å². The van der Waals surface area contributed by atoms with Gasteiger partial charge in [-0.25, -0.2) is 0 Å². The summed E-state index contributed by atoms with van der Waals surface area (Å²) in [6.45, 7) is 8.96. The second-order valence-electron chi connectivity index (χ2n) is 4.38. The van der Waals surface area contributed by atoms with Gasteiger partial charge < -0.3 is 15.8 Å². The molecule has 0 fully saturated rings. The Morgan fingerprint density at radius 1 is 1.19 bits per heavy atom. The third kappa shape index (κ3) is 10.4. The van der Waals surface area contributed by atoms with E-state index >= 15 is 0 Å². The van der Waals surface area contributed by atoms with Crippen molar-refractivity contribution < 1.29 is 4.74 Å². The molecule has 1 atom stereocenters. The van der Waals surface area contributed by atoms with Crippen LogP contribution in [-0.4, -0.2) is 32.8 Å². The normalized spacial score (nSPS) is 12.9. The summed E-state index contributed by atoms with van der Waals surface area (Å²) in [5, 5.41) is 3.27. The molecular weight excluding hydrogens is 200 g/mol. The van der Waals surface area contributed by atoms with Gasteiger partial charge in [0.15, 0.2) is 0 Å². The minimum atomic E-state index is 0.718. The maximum atomic E-state index is 5.69. The first-order chi connectivity index (χ1) is 7.85. The molecule has 0 amide bonds. The van der Waals surface area contributed by atoms with Gasteiger partial charge in [-0.3, -0.25) is 0 Å². The number of unbranched alkanes of at least 4 members (excludes halogenated alkanes) is 1. The molecule has 3 N–H and O–H groups in total. The van der Waals surface area contributed by atoms with E-state index in [9.17, 15) is 0 Å². The van der Waals surface area contributed by atoms with E-state index in [1.54, 1.807) is 0 Å². The molecule has 0 radical (unpaired) electrons. The van der Waals surface area contributed by atoms with Crippen LogP contribution in [0.4, 0.5) is 0 Å². The molecule has 3 nitrogen and oxygen atoms in total. The minimum absolute atomic E-state index is 0.718. The summed E-state index contributed by atoms with van der Waals surface area (Å²) >= 11 is 0. The van der Waals surface area contributed by atoms with E-state index < -0.39 is 0 Å². The lowest BCUT2D eigenvalue weighted by Gasteiger charge is -2.14. The van der Waals surface area contributed by atoms with Gasteiger partial charge in [-0.15, -0.1) is 0 Å². The Hall–Kier alpha value is -0.120. The number of ether oxygens (including phenoxy) is 1. The number of nitrogens with two attached hydrogens (primary N) is 1. The Kier molecular flexibility index (Phi) is 12.9. The minimum Gasteiger partial charge on any atom is -0.381 e. The summed E-state index contributed by atoms with van der Waals surface area (Å²) in [6.07, 6.45) is 6.27. The van der Waals surface area contributed by atoms with E-state index in [4.69, 9.17) is 10.5 Å². The Labute approximate surface area is 101 Å². The molecule has 0 aromatic heterocycles. The number of rotatable bonds is 12. The summed E-state index contributed by atoms with van der Waals surface area (Å²) in [5.74, 6) is 0.761. The van der Waals surface area contributed by atoms with Crippen LogP contribution in [0.2, 0.25) is 0 Å². The van der Waals surface area contributed by atoms with Gasteiger partial charge in [0.25, 0.3) is 0 Å². The fourth-order valence-corrected chi connectivity index (χ4v) is 1.67. The smallest absolute Gasteiger partial charge is 0.0494 e. The van der Waals surface area contributed by atoms with E-state index in [0.29, 0.717) is 0 Å². The van der Waals surface area contributed by atoms with Crippen molar-refractivity contribution in [2.75, 3.05) is 32.8 Å². The Balaban J connectivity index is 3.20. The highest BCUT2D eigenvalue weighted by Crippen LogP contribution is 2.12. The first kappa shape index (κ1) is 15.9. The molecule has 0 heterocycles.